The van der Waals surface area contributed by atoms with Crippen molar-refractivity contribution in [1.82, 2.24) is 20.2 Å². The molecule has 4 rings (SSSR count). The predicted molar refractivity (Wildman–Crippen MR) is 100 cm³/mol. The molecule has 0 saturated heterocycles. The maximum atomic E-state index is 13.1. The Balaban J connectivity index is 1.47. The van der Waals surface area contributed by atoms with E-state index in [1.165, 1.54) is 18.3 Å². The van der Waals surface area contributed by atoms with Crippen molar-refractivity contribution in [2.75, 3.05) is 5.32 Å². The fourth-order valence-electron chi connectivity index (χ4n) is 2.54. The van der Waals surface area contributed by atoms with Crippen LogP contribution in [0.15, 0.2) is 73.2 Å². The zero-order valence-corrected chi connectivity index (χ0v) is 14.5. The number of aromatic nitrogens is 4. The molecule has 0 fully saturated rings. The Bertz CT molecular complexity index is 1080. The van der Waals surface area contributed by atoms with Gasteiger partial charge in [0.15, 0.2) is 0 Å². The number of aromatic amines is 1. The van der Waals surface area contributed by atoms with Crippen LogP contribution in [0.5, 0.6) is 11.8 Å². The van der Waals surface area contributed by atoms with Gasteiger partial charge in [-0.3, -0.25) is 9.89 Å². The number of amides is 1. The molecule has 2 aromatic carbocycles. The maximum absolute atomic E-state index is 13.1. The fourth-order valence-corrected chi connectivity index (χ4v) is 2.54. The molecule has 28 heavy (non-hydrogen) atoms. The summed E-state index contributed by atoms with van der Waals surface area (Å²) >= 11 is 0. The van der Waals surface area contributed by atoms with E-state index in [-0.39, 0.29) is 17.7 Å². The topological polar surface area (TPSA) is 92.8 Å². The number of rotatable bonds is 5. The molecule has 0 atom stereocenters. The lowest BCUT2D eigenvalue weighted by Gasteiger charge is -2.07. The molecule has 0 spiro atoms. The average Bonchev–Trinajstić information content (AvgIpc) is 3.21. The minimum absolute atomic E-state index is 0.238. The van der Waals surface area contributed by atoms with Crippen molar-refractivity contribution in [3.05, 3.63) is 84.6 Å². The van der Waals surface area contributed by atoms with Crippen LogP contribution in [-0.2, 0) is 0 Å². The Morgan fingerprint density at radius 3 is 2.43 bits per heavy atom. The summed E-state index contributed by atoms with van der Waals surface area (Å²) in [6, 6.07) is 14.5. The number of H-pyrrole nitrogens is 1. The molecule has 0 aliphatic heterocycles. The van der Waals surface area contributed by atoms with E-state index in [2.05, 4.69) is 25.5 Å². The van der Waals surface area contributed by atoms with Gasteiger partial charge in [-0.1, -0.05) is 0 Å². The van der Waals surface area contributed by atoms with Crippen molar-refractivity contribution in [2.24, 2.45) is 0 Å². The third-order valence-corrected chi connectivity index (χ3v) is 3.88. The van der Waals surface area contributed by atoms with Gasteiger partial charge >= 0.3 is 6.01 Å². The molecule has 7 nitrogen and oxygen atoms in total. The summed E-state index contributed by atoms with van der Waals surface area (Å²) in [5.74, 6) is -0.148. The third-order valence-electron chi connectivity index (χ3n) is 3.88. The molecule has 8 heteroatoms. The highest BCUT2D eigenvalue weighted by molar-refractivity contribution is 6.08. The van der Waals surface area contributed by atoms with Crippen molar-refractivity contribution < 1.29 is 13.9 Å². The molecule has 2 heterocycles. The number of hydrogen-bond donors (Lipinski definition) is 2. The van der Waals surface area contributed by atoms with Crippen LogP contribution in [-0.4, -0.2) is 26.1 Å². The summed E-state index contributed by atoms with van der Waals surface area (Å²) in [6.45, 7) is 0. The van der Waals surface area contributed by atoms with E-state index >= 15 is 0 Å². The first kappa shape index (κ1) is 17.3. The lowest BCUT2D eigenvalue weighted by Crippen LogP contribution is -2.12. The summed E-state index contributed by atoms with van der Waals surface area (Å²) in [6.07, 6.45) is 4.60. The first-order chi connectivity index (χ1) is 13.7. The zero-order valence-electron chi connectivity index (χ0n) is 14.5. The Labute approximate surface area is 159 Å². The van der Waals surface area contributed by atoms with Crippen molar-refractivity contribution >= 4 is 11.6 Å². The van der Waals surface area contributed by atoms with E-state index in [1.807, 2.05) is 0 Å². The van der Waals surface area contributed by atoms with E-state index in [9.17, 15) is 9.18 Å². The third kappa shape index (κ3) is 3.85. The molecule has 2 aromatic heterocycles. The standard InChI is InChI=1S/C20H14FN5O2/c21-14-4-2-13(3-5-14)18-17(12-24-26-18)19(27)25-15-6-8-16(9-7-15)28-20-22-10-1-11-23-20/h1-12H,(H,24,26)(H,25,27). The largest absolute Gasteiger partial charge is 0.424 e. The Morgan fingerprint density at radius 1 is 1.00 bits per heavy atom. The number of hydrogen-bond acceptors (Lipinski definition) is 5. The molecular formula is C20H14FN5O2. The van der Waals surface area contributed by atoms with Crippen molar-refractivity contribution in [2.45, 2.75) is 0 Å². The normalized spacial score (nSPS) is 10.5. The highest BCUT2D eigenvalue weighted by Crippen LogP contribution is 2.24. The summed E-state index contributed by atoms with van der Waals surface area (Å²) < 4.78 is 18.6. The quantitative estimate of drug-likeness (QED) is 0.549. The van der Waals surface area contributed by atoms with Gasteiger partial charge in [0.05, 0.1) is 17.5 Å². The van der Waals surface area contributed by atoms with Crippen LogP contribution in [0, 0.1) is 5.82 Å². The first-order valence-corrected chi connectivity index (χ1v) is 8.34. The first-order valence-electron chi connectivity index (χ1n) is 8.34. The molecule has 0 aliphatic carbocycles. The van der Waals surface area contributed by atoms with E-state index in [1.54, 1.807) is 54.9 Å². The highest BCUT2D eigenvalue weighted by atomic mass is 19.1. The number of carbonyl (C=O) groups is 1. The molecule has 0 radical (unpaired) electrons. The van der Waals surface area contributed by atoms with Gasteiger partial charge in [-0.25, -0.2) is 14.4 Å². The monoisotopic (exact) mass is 375 g/mol. The van der Waals surface area contributed by atoms with Crippen LogP contribution in [0.4, 0.5) is 10.1 Å². The van der Waals surface area contributed by atoms with Gasteiger partial charge < -0.3 is 10.1 Å². The minimum Gasteiger partial charge on any atom is -0.424 e. The number of nitrogens with one attached hydrogen (secondary N) is 2. The average molecular weight is 375 g/mol. The van der Waals surface area contributed by atoms with Crippen LogP contribution < -0.4 is 10.1 Å². The van der Waals surface area contributed by atoms with Gasteiger partial charge in [0, 0.05) is 23.6 Å². The molecule has 1 amide bonds. The summed E-state index contributed by atoms with van der Waals surface area (Å²) in [4.78, 5) is 20.6. The lowest BCUT2D eigenvalue weighted by atomic mass is 10.1. The Morgan fingerprint density at radius 2 is 1.71 bits per heavy atom. The second-order valence-corrected chi connectivity index (χ2v) is 5.78. The lowest BCUT2D eigenvalue weighted by molar-refractivity contribution is 0.102. The zero-order chi connectivity index (χ0) is 19.3. The van der Waals surface area contributed by atoms with Crippen LogP contribution in [0.1, 0.15) is 10.4 Å². The van der Waals surface area contributed by atoms with Crippen LogP contribution >= 0.6 is 0 Å². The number of anilines is 1. The molecule has 0 saturated carbocycles. The van der Waals surface area contributed by atoms with Gasteiger partial charge in [0.2, 0.25) is 0 Å². The Hall–Kier alpha value is -4.07. The predicted octanol–water partition coefficient (Wildman–Crippen LogP) is 4.05. The van der Waals surface area contributed by atoms with Crippen LogP contribution in [0.2, 0.25) is 0 Å². The molecule has 138 valence electrons. The SMILES string of the molecule is O=C(Nc1ccc(Oc2ncccn2)cc1)c1cn[nH]c1-c1ccc(F)cc1. The van der Waals surface area contributed by atoms with Crippen molar-refractivity contribution in [1.29, 1.82) is 0 Å². The molecule has 4 aromatic rings. The number of ether oxygens (including phenoxy) is 1. The molecule has 0 aliphatic rings. The van der Waals surface area contributed by atoms with E-state index in [4.69, 9.17) is 4.74 Å². The van der Waals surface area contributed by atoms with E-state index in [0.717, 1.165) is 0 Å². The molecular weight excluding hydrogens is 361 g/mol. The summed E-state index contributed by atoms with van der Waals surface area (Å²) in [5.41, 5.74) is 2.11. The smallest absolute Gasteiger partial charge is 0.321 e. The van der Waals surface area contributed by atoms with Gasteiger partial charge in [0.1, 0.15) is 11.6 Å². The number of carbonyl (C=O) groups excluding carboxylic acids is 1. The maximum Gasteiger partial charge on any atom is 0.321 e. The summed E-state index contributed by atoms with van der Waals surface area (Å²) in [5, 5.41) is 9.51. The molecule has 0 bridgehead atoms. The minimum atomic E-state index is -0.350. The molecule has 0 unspecified atom stereocenters. The van der Waals surface area contributed by atoms with E-state index < -0.39 is 0 Å². The van der Waals surface area contributed by atoms with Crippen LogP contribution in [0.25, 0.3) is 11.3 Å². The van der Waals surface area contributed by atoms with Crippen molar-refractivity contribution in [3.8, 4) is 23.0 Å². The highest BCUT2D eigenvalue weighted by Gasteiger charge is 2.15. The summed E-state index contributed by atoms with van der Waals surface area (Å²) in [7, 11) is 0. The van der Waals surface area contributed by atoms with E-state index in [0.29, 0.717) is 28.3 Å². The van der Waals surface area contributed by atoms with Crippen molar-refractivity contribution in [3.63, 3.8) is 0 Å². The second kappa shape index (κ2) is 7.67. The Kier molecular flexibility index (Phi) is 4.75. The van der Waals surface area contributed by atoms with Gasteiger partial charge in [-0.2, -0.15) is 5.10 Å². The van der Waals surface area contributed by atoms with Crippen LogP contribution in [0.3, 0.4) is 0 Å². The fraction of sp³-hybridized carbons (Fsp3) is 0. The molecule has 2 N–H and O–H groups in total. The van der Waals surface area contributed by atoms with Gasteiger partial charge in [-0.15, -0.1) is 0 Å². The number of nitrogens with zero attached hydrogens (tertiary/aromatic N) is 3. The number of benzene rings is 2. The van der Waals surface area contributed by atoms with Gasteiger partial charge in [0.25, 0.3) is 5.91 Å². The van der Waals surface area contributed by atoms with Gasteiger partial charge in [-0.05, 0) is 54.6 Å². The second-order valence-electron chi connectivity index (χ2n) is 5.78. The number of halogens is 1.